The van der Waals surface area contributed by atoms with Crippen LogP contribution in [0.25, 0.3) is 0 Å². The van der Waals surface area contributed by atoms with Crippen LogP contribution in [0.15, 0.2) is 116 Å². The molecule has 0 spiro atoms. The fourth-order valence-electron chi connectivity index (χ4n) is 4.83. The number of hydrogen-bond donors (Lipinski definition) is 0. The normalized spacial score (nSPS) is 19.7. The molecule has 1 aliphatic rings. The van der Waals surface area contributed by atoms with Crippen LogP contribution in [-0.2, 0) is 5.54 Å². The molecule has 0 bridgehead atoms. The Balaban J connectivity index is 1.76. The first-order valence-corrected chi connectivity index (χ1v) is 14.1. The van der Waals surface area contributed by atoms with Crippen molar-refractivity contribution < 1.29 is 0 Å². The minimum Gasteiger partial charge on any atom is -0.320 e. The third kappa shape index (κ3) is 5.15. The maximum absolute atomic E-state index is 6.31. The lowest BCUT2D eigenvalue weighted by Gasteiger charge is -2.36. The van der Waals surface area contributed by atoms with E-state index < -0.39 is 5.54 Å². The van der Waals surface area contributed by atoms with Crippen LogP contribution < -0.4 is 4.90 Å². The van der Waals surface area contributed by atoms with Gasteiger partial charge in [-0.25, -0.2) is 4.99 Å². The summed E-state index contributed by atoms with van der Waals surface area (Å²) in [4.78, 5) is 12.9. The van der Waals surface area contributed by atoms with Gasteiger partial charge in [0.1, 0.15) is 11.4 Å². The summed E-state index contributed by atoms with van der Waals surface area (Å²) in [7, 11) is 0. The van der Waals surface area contributed by atoms with Crippen LogP contribution in [0.3, 0.4) is 0 Å². The van der Waals surface area contributed by atoms with Crippen LogP contribution in [0.5, 0.6) is 0 Å². The Hall–Kier alpha value is -2.44. The lowest BCUT2D eigenvalue weighted by atomic mass is 9.80. The molecule has 1 aliphatic heterocycles. The van der Waals surface area contributed by atoms with Gasteiger partial charge in [-0.15, -0.1) is 0 Å². The number of benzene rings is 4. The van der Waals surface area contributed by atoms with Crippen LogP contribution in [0, 0.1) is 0 Å². The van der Waals surface area contributed by atoms with Gasteiger partial charge in [-0.2, -0.15) is 0 Å². The summed E-state index contributed by atoms with van der Waals surface area (Å²) in [6.45, 7) is 4.25. The minimum absolute atomic E-state index is 0.0975. The first-order chi connectivity index (χ1) is 17.8. The molecule has 0 fully saturated rings. The van der Waals surface area contributed by atoms with Gasteiger partial charge < -0.3 is 4.90 Å². The van der Waals surface area contributed by atoms with Crippen LogP contribution in [0.4, 0.5) is 11.4 Å². The maximum Gasteiger partial charge on any atom is 0.146 e. The van der Waals surface area contributed by atoms with Gasteiger partial charge in [0.15, 0.2) is 0 Å². The van der Waals surface area contributed by atoms with E-state index in [1.54, 1.807) is 0 Å². The van der Waals surface area contributed by atoms with E-state index in [2.05, 4.69) is 62.7 Å². The third-order valence-corrected chi connectivity index (χ3v) is 8.23. The highest BCUT2D eigenvalue weighted by atomic mass is 79.9. The average Bonchev–Trinajstić information content (AvgIpc) is 3.20. The Morgan fingerprint density at radius 2 is 1.30 bits per heavy atom. The molecule has 0 N–H and O–H groups in total. The molecule has 2 atom stereocenters. The van der Waals surface area contributed by atoms with Crippen LogP contribution in [-0.4, -0.2) is 17.6 Å². The van der Waals surface area contributed by atoms with Gasteiger partial charge in [0.25, 0.3) is 0 Å². The van der Waals surface area contributed by atoms with Crippen molar-refractivity contribution in [2.75, 3.05) is 4.90 Å². The van der Waals surface area contributed by atoms with Gasteiger partial charge in [0, 0.05) is 36.0 Å². The van der Waals surface area contributed by atoms with Crippen LogP contribution >= 0.6 is 55.1 Å². The summed E-state index contributed by atoms with van der Waals surface area (Å²) in [5.74, 6) is 0.854. The Kier molecular flexibility index (Phi) is 7.60. The number of rotatable bonds is 5. The number of hydrogen-bond acceptors (Lipinski definition) is 3. The van der Waals surface area contributed by atoms with E-state index in [0.717, 1.165) is 43.0 Å². The average molecular weight is 656 g/mol. The zero-order valence-corrected chi connectivity index (χ0v) is 24.9. The monoisotopic (exact) mass is 653 g/mol. The standard InChI is InChI=1S/C30H23Br2Cl2N3/c1-19(35-27-15-7-23(31)8-16-27)30(22-5-13-26(34)14-6-22)20(2)37(28-17-9-24(32)10-18-28)29(36-30)21-3-11-25(33)12-4-21/h3-18,20H,1-2H3. The highest BCUT2D eigenvalue weighted by Gasteiger charge is 2.50. The number of aliphatic imine (C=N–C) groups is 2. The second-order valence-corrected chi connectivity index (χ2v) is 11.6. The van der Waals surface area contributed by atoms with Crippen molar-refractivity contribution in [3.05, 3.63) is 127 Å². The summed E-state index contributed by atoms with van der Waals surface area (Å²) in [6.07, 6.45) is 0. The fraction of sp³-hybridized carbons (Fsp3) is 0.133. The molecule has 0 saturated carbocycles. The first-order valence-electron chi connectivity index (χ1n) is 11.8. The molecule has 0 aliphatic carbocycles. The van der Waals surface area contributed by atoms with E-state index in [9.17, 15) is 0 Å². The van der Waals surface area contributed by atoms with Gasteiger partial charge in [-0.05, 0) is 104 Å². The second kappa shape index (κ2) is 10.7. The Labute approximate surface area is 244 Å². The van der Waals surface area contributed by atoms with E-state index in [1.165, 1.54) is 0 Å². The molecular weight excluding hydrogens is 633 g/mol. The molecule has 0 amide bonds. The molecule has 7 heteroatoms. The lowest BCUT2D eigenvalue weighted by Crippen LogP contribution is -2.47. The van der Waals surface area contributed by atoms with E-state index in [4.69, 9.17) is 33.2 Å². The molecule has 0 saturated heterocycles. The van der Waals surface area contributed by atoms with Crippen molar-refractivity contribution in [3.63, 3.8) is 0 Å². The number of anilines is 1. The minimum atomic E-state index is -0.764. The van der Waals surface area contributed by atoms with Gasteiger partial charge in [0.2, 0.25) is 0 Å². The Morgan fingerprint density at radius 1 is 0.784 bits per heavy atom. The number of amidine groups is 1. The van der Waals surface area contributed by atoms with Crippen molar-refractivity contribution in [1.29, 1.82) is 0 Å². The molecule has 2 unspecified atom stereocenters. The van der Waals surface area contributed by atoms with Crippen LogP contribution in [0.1, 0.15) is 25.0 Å². The van der Waals surface area contributed by atoms with E-state index in [-0.39, 0.29) is 6.04 Å². The molecule has 186 valence electrons. The second-order valence-electron chi connectivity index (χ2n) is 8.91. The highest BCUT2D eigenvalue weighted by Crippen LogP contribution is 2.44. The number of halogens is 4. The molecule has 3 nitrogen and oxygen atoms in total. The predicted molar refractivity (Wildman–Crippen MR) is 164 cm³/mol. The molecule has 37 heavy (non-hydrogen) atoms. The highest BCUT2D eigenvalue weighted by molar-refractivity contribution is 9.10. The quantitative estimate of drug-likeness (QED) is 0.197. The summed E-state index contributed by atoms with van der Waals surface area (Å²) in [5, 5.41) is 1.36. The largest absolute Gasteiger partial charge is 0.320 e. The maximum atomic E-state index is 6.31. The Bertz CT molecular complexity index is 1470. The molecular formula is C30H23Br2Cl2N3. The van der Waals surface area contributed by atoms with Gasteiger partial charge in [-0.1, -0.05) is 67.2 Å². The van der Waals surface area contributed by atoms with Crippen molar-refractivity contribution in [2.45, 2.75) is 25.4 Å². The topological polar surface area (TPSA) is 28.0 Å². The van der Waals surface area contributed by atoms with Gasteiger partial charge >= 0.3 is 0 Å². The van der Waals surface area contributed by atoms with E-state index in [1.807, 2.05) is 84.9 Å². The van der Waals surface area contributed by atoms with Crippen molar-refractivity contribution >= 4 is 78.0 Å². The molecule has 0 aromatic heterocycles. The number of nitrogens with zero attached hydrogens (tertiary/aromatic N) is 3. The predicted octanol–water partition coefficient (Wildman–Crippen LogP) is 9.86. The van der Waals surface area contributed by atoms with E-state index >= 15 is 0 Å². The summed E-state index contributed by atoms with van der Waals surface area (Å²) in [5.41, 5.74) is 4.03. The smallest absolute Gasteiger partial charge is 0.146 e. The van der Waals surface area contributed by atoms with Gasteiger partial charge in [-0.3, -0.25) is 4.99 Å². The molecule has 0 radical (unpaired) electrons. The van der Waals surface area contributed by atoms with Crippen molar-refractivity contribution in [2.24, 2.45) is 9.98 Å². The van der Waals surface area contributed by atoms with Crippen molar-refractivity contribution in [1.82, 2.24) is 0 Å². The summed E-state index contributed by atoms with van der Waals surface area (Å²) < 4.78 is 2.03. The fourth-order valence-corrected chi connectivity index (χ4v) is 5.61. The summed E-state index contributed by atoms with van der Waals surface area (Å²) >= 11 is 19.6. The zero-order chi connectivity index (χ0) is 26.2. The molecule has 5 rings (SSSR count). The molecule has 1 heterocycles. The van der Waals surface area contributed by atoms with Crippen molar-refractivity contribution in [3.8, 4) is 0 Å². The van der Waals surface area contributed by atoms with Crippen LogP contribution in [0.2, 0.25) is 10.0 Å². The first kappa shape index (κ1) is 26.2. The van der Waals surface area contributed by atoms with E-state index in [0.29, 0.717) is 10.0 Å². The zero-order valence-electron chi connectivity index (χ0n) is 20.2. The lowest BCUT2D eigenvalue weighted by molar-refractivity contribution is 0.528. The Morgan fingerprint density at radius 3 is 1.86 bits per heavy atom. The van der Waals surface area contributed by atoms with Gasteiger partial charge in [0.05, 0.1) is 11.7 Å². The summed E-state index contributed by atoms with van der Waals surface area (Å²) in [6, 6.07) is 31.9. The molecule has 4 aromatic rings. The molecule has 4 aromatic carbocycles. The third-order valence-electron chi connectivity index (χ3n) is 6.67. The SMILES string of the molecule is CC(=Nc1ccc(Br)cc1)C1(c2ccc(Cl)cc2)N=C(c2ccc(Cl)cc2)N(c2ccc(Br)cc2)C1C.